The predicted octanol–water partition coefficient (Wildman–Crippen LogP) is 0.302. The molecule has 0 unspecified atom stereocenters. The average Bonchev–Trinajstić information content (AvgIpc) is 2.31. The number of nitrogens with one attached hydrogen (secondary N) is 2. The lowest BCUT2D eigenvalue weighted by atomic mass is 10.6. The third-order valence-electron chi connectivity index (χ3n) is 0.920. The second-order valence-corrected chi connectivity index (χ2v) is 1.61. The van der Waals surface area contributed by atoms with Crippen molar-refractivity contribution in [1.82, 2.24) is 15.5 Å². The van der Waals surface area contributed by atoms with E-state index in [0.717, 1.165) is 0 Å². The van der Waals surface area contributed by atoms with Crippen molar-refractivity contribution in [3.05, 3.63) is 17.7 Å². The first-order valence-electron chi connectivity index (χ1n) is 2.47. The molecular formula is C4H2F3N3O. The van der Waals surface area contributed by atoms with E-state index in [4.69, 9.17) is 0 Å². The van der Waals surface area contributed by atoms with Gasteiger partial charge in [0.05, 0.1) is 0 Å². The van der Waals surface area contributed by atoms with Gasteiger partial charge in [0, 0.05) is 0 Å². The van der Waals surface area contributed by atoms with Crippen LogP contribution in [-0.2, 0) is 0 Å². The second-order valence-electron chi connectivity index (χ2n) is 1.61. The summed E-state index contributed by atoms with van der Waals surface area (Å²) >= 11 is 0. The third kappa shape index (κ3) is 1.31. The highest BCUT2D eigenvalue weighted by Crippen LogP contribution is 2.00. The van der Waals surface area contributed by atoms with E-state index in [2.05, 4.69) is 4.98 Å². The number of halogens is 3. The van der Waals surface area contributed by atoms with Gasteiger partial charge in [0.25, 0.3) is 5.95 Å². The van der Waals surface area contributed by atoms with Crippen LogP contribution in [-0.4, -0.2) is 15.9 Å². The Morgan fingerprint density at radius 3 is 2.55 bits per heavy atom. The fourth-order valence-electron chi connectivity index (χ4n) is 0.483. The lowest BCUT2D eigenvalue weighted by Gasteiger charge is -1.86. The maximum absolute atomic E-state index is 12.0. The minimum absolute atomic E-state index is 0.656. The SMILES string of the molecule is O=C(NF)c1nc(F)c(F)[nH]1. The van der Waals surface area contributed by atoms with E-state index in [9.17, 15) is 18.1 Å². The van der Waals surface area contributed by atoms with Crippen LogP contribution in [0.4, 0.5) is 13.3 Å². The highest BCUT2D eigenvalue weighted by molar-refractivity contribution is 5.89. The minimum atomic E-state index is -1.47. The highest BCUT2D eigenvalue weighted by Gasteiger charge is 2.14. The smallest absolute Gasteiger partial charge is 0.308 e. The quantitative estimate of drug-likeness (QED) is 0.588. The van der Waals surface area contributed by atoms with Crippen molar-refractivity contribution in [3.63, 3.8) is 0 Å². The van der Waals surface area contributed by atoms with Gasteiger partial charge in [0.1, 0.15) is 0 Å². The van der Waals surface area contributed by atoms with Crippen LogP contribution in [0.15, 0.2) is 0 Å². The summed E-state index contributed by atoms with van der Waals surface area (Å²) < 4.78 is 35.4. The van der Waals surface area contributed by atoms with Gasteiger partial charge in [-0.2, -0.15) is 19.3 Å². The Labute approximate surface area is 58.4 Å². The van der Waals surface area contributed by atoms with E-state index < -0.39 is 23.6 Å². The van der Waals surface area contributed by atoms with E-state index in [1.807, 2.05) is 0 Å². The Kier molecular flexibility index (Phi) is 1.79. The number of H-pyrrole nitrogens is 1. The number of carbonyl (C=O) groups is 1. The van der Waals surface area contributed by atoms with Crippen molar-refractivity contribution in [2.75, 3.05) is 0 Å². The molecule has 0 saturated carbocycles. The Morgan fingerprint density at radius 1 is 1.55 bits per heavy atom. The van der Waals surface area contributed by atoms with Crippen LogP contribution < -0.4 is 5.54 Å². The highest BCUT2D eigenvalue weighted by atomic mass is 19.2. The first kappa shape index (κ1) is 7.58. The normalized spacial score (nSPS) is 9.73. The monoisotopic (exact) mass is 165 g/mol. The van der Waals surface area contributed by atoms with Crippen molar-refractivity contribution >= 4 is 5.91 Å². The van der Waals surface area contributed by atoms with Crippen LogP contribution in [0, 0.1) is 11.9 Å². The van der Waals surface area contributed by atoms with Gasteiger partial charge in [-0.25, -0.2) is 0 Å². The number of aromatic amines is 1. The molecule has 11 heavy (non-hydrogen) atoms. The molecule has 0 fully saturated rings. The number of amides is 1. The van der Waals surface area contributed by atoms with Gasteiger partial charge in [-0.1, -0.05) is 4.48 Å². The van der Waals surface area contributed by atoms with Gasteiger partial charge in [0.2, 0.25) is 11.8 Å². The zero-order valence-corrected chi connectivity index (χ0v) is 4.99. The molecule has 1 aromatic rings. The molecule has 0 spiro atoms. The van der Waals surface area contributed by atoms with E-state index in [1.54, 1.807) is 4.98 Å². The summed E-state index contributed by atoms with van der Waals surface area (Å²) in [6.45, 7) is 0. The molecule has 1 aromatic heterocycles. The number of rotatable bonds is 1. The summed E-state index contributed by atoms with van der Waals surface area (Å²) in [5.74, 6) is -4.94. The Bertz CT molecular complexity index is 265. The molecular weight excluding hydrogens is 163 g/mol. The van der Waals surface area contributed by atoms with Crippen LogP contribution in [0.3, 0.4) is 0 Å². The molecule has 1 amide bonds. The fraction of sp³-hybridized carbons (Fsp3) is 0. The van der Waals surface area contributed by atoms with Gasteiger partial charge in [-0.3, -0.25) is 4.79 Å². The van der Waals surface area contributed by atoms with Crippen LogP contribution in [0.25, 0.3) is 0 Å². The Balaban J connectivity index is 2.97. The fourth-order valence-corrected chi connectivity index (χ4v) is 0.483. The van der Waals surface area contributed by atoms with E-state index in [0.29, 0.717) is 5.54 Å². The molecule has 0 aliphatic rings. The molecule has 7 heteroatoms. The molecule has 0 atom stereocenters. The molecule has 2 N–H and O–H groups in total. The maximum Gasteiger partial charge on any atom is 0.314 e. The summed E-state index contributed by atoms with van der Waals surface area (Å²) in [4.78, 5) is 14.6. The second kappa shape index (κ2) is 2.60. The lowest BCUT2D eigenvalue weighted by molar-refractivity contribution is 0.0848. The average molecular weight is 165 g/mol. The maximum atomic E-state index is 12.0. The van der Waals surface area contributed by atoms with Crippen LogP contribution >= 0.6 is 0 Å². The van der Waals surface area contributed by atoms with Crippen LogP contribution in [0.5, 0.6) is 0 Å². The Morgan fingerprint density at radius 2 is 2.18 bits per heavy atom. The molecule has 1 rings (SSSR count). The molecule has 0 saturated heterocycles. The van der Waals surface area contributed by atoms with Gasteiger partial charge < -0.3 is 4.98 Å². The number of hydrogen-bond donors (Lipinski definition) is 2. The number of aromatic nitrogens is 2. The van der Waals surface area contributed by atoms with E-state index in [1.165, 1.54) is 0 Å². The summed E-state index contributed by atoms with van der Waals surface area (Å²) in [6.07, 6.45) is 0. The van der Waals surface area contributed by atoms with Gasteiger partial charge in [0.15, 0.2) is 0 Å². The first-order valence-corrected chi connectivity index (χ1v) is 2.47. The molecule has 0 radical (unpaired) electrons. The summed E-state index contributed by atoms with van der Waals surface area (Å²) in [6, 6.07) is 0. The minimum Gasteiger partial charge on any atom is -0.308 e. The zero-order chi connectivity index (χ0) is 8.43. The van der Waals surface area contributed by atoms with Crippen molar-refractivity contribution in [1.29, 1.82) is 0 Å². The van der Waals surface area contributed by atoms with E-state index >= 15 is 0 Å². The molecule has 1 heterocycles. The van der Waals surface area contributed by atoms with Crippen molar-refractivity contribution in [3.8, 4) is 0 Å². The standard InChI is InChI=1S/C4H2F3N3O/c5-1-2(6)9-3(8-1)4(11)10-7/h(H,8,9)(H,10,11). The molecule has 0 bridgehead atoms. The number of hydrogen-bond acceptors (Lipinski definition) is 2. The van der Waals surface area contributed by atoms with Crippen LogP contribution in [0.2, 0.25) is 0 Å². The molecule has 60 valence electrons. The number of carbonyl (C=O) groups excluding carboxylic acids is 1. The third-order valence-corrected chi connectivity index (χ3v) is 0.920. The van der Waals surface area contributed by atoms with Crippen LogP contribution in [0.1, 0.15) is 10.6 Å². The van der Waals surface area contributed by atoms with E-state index in [-0.39, 0.29) is 0 Å². The summed E-state index contributed by atoms with van der Waals surface area (Å²) in [7, 11) is 0. The van der Waals surface area contributed by atoms with Gasteiger partial charge in [-0.05, 0) is 0 Å². The number of imidazole rings is 1. The topological polar surface area (TPSA) is 57.8 Å². The van der Waals surface area contributed by atoms with Gasteiger partial charge in [-0.15, -0.1) is 0 Å². The molecule has 4 nitrogen and oxygen atoms in total. The predicted molar refractivity (Wildman–Crippen MR) is 27.1 cm³/mol. The van der Waals surface area contributed by atoms with Crippen molar-refractivity contribution < 1.29 is 18.1 Å². The van der Waals surface area contributed by atoms with Gasteiger partial charge >= 0.3 is 5.91 Å². The number of nitrogens with zero attached hydrogens (tertiary/aromatic N) is 1. The summed E-state index contributed by atoms with van der Waals surface area (Å²) in [5, 5.41) is 0. The largest absolute Gasteiger partial charge is 0.314 e. The lowest BCUT2D eigenvalue weighted by Crippen LogP contribution is -2.15. The Hall–Kier alpha value is -1.53. The molecule has 0 aliphatic heterocycles. The first-order chi connectivity index (χ1) is 5.15. The molecule has 0 aliphatic carbocycles. The van der Waals surface area contributed by atoms with Crippen molar-refractivity contribution in [2.24, 2.45) is 0 Å². The zero-order valence-electron chi connectivity index (χ0n) is 4.99. The molecule has 0 aromatic carbocycles. The van der Waals surface area contributed by atoms with Crippen molar-refractivity contribution in [2.45, 2.75) is 0 Å². The summed E-state index contributed by atoms with van der Waals surface area (Å²) in [5.41, 5.74) is 0.656.